The van der Waals surface area contributed by atoms with Crippen molar-refractivity contribution in [2.75, 3.05) is 6.54 Å². The van der Waals surface area contributed by atoms with Crippen molar-refractivity contribution in [1.29, 1.82) is 0 Å². The lowest BCUT2D eigenvalue weighted by Crippen LogP contribution is -2.10. The molecule has 0 heterocycles. The van der Waals surface area contributed by atoms with E-state index >= 15 is 0 Å². The first-order valence-electron chi connectivity index (χ1n) is 6.98. The molecule has 3 nitrogen and oxygen atoms in total. The lowest BCUT2D eigenvalue weighted by atomic mass is 9.97. The summed E-state index contributed by atoms with van der Waals surface area (Å²) in [4.78, 5) is 10.6. The normalized spacial score (nSPS) is 12.5. The van der Waals surface area contributed by atoms with Gasteiger partial charge in [0.25, 0.3) is 0 Å². The molecule has 0 saturated carbocycles. The Balaban J connectivity index is 2.21. The number of nitro groups is 1. The van der Waals surface area contributed by atoms with Crippen molar-refractivity contribution in [3.63, 3.8) is 0 Å². The smallest absolute Gasteiger partial charge is 0.214 e. The lowest BCUT2D eigenvalue weighted by molar-refractivity contribution is -0.481. The van der Waals surface area contributed by atoms with Crippen molar-refractivity contribution in [1.82, 2.24) is 0 Å². The van der Waals surface area contributed by atoms with Crippen LogP contribution >= 0.6 is 0 Å². The molecule has 108 valence electrons. The number of aryl methyl sites for hydroxylation is 2. The Hall–Kier alpha value is -2.42. The van der Waals surface area contributed by atoms with Crippen molar-refractivity contribution in [3.05, 3.63) is 87.0 Å². The summed E-state index contributed by atoms with van der Waals surface area (Å²) in [5.74, 6) is -0.207. The Kier molecular flexibility index (Phi) is 4.88. The molecule has 0 bridgehead atoms. The van der Waals surface area contributed by atoms with E-state index in [1.807, 2.05) is 74.5 Å². The molecule has 2 aromatic rings. The first-order chi connectivity index (χ1) is 10.0. The second-order valence-electron chi connectivity index (χ2n) is 5.30. The molecular weight excluding hydrogens is 262 g/mol. The predicted molar refractivity (Wildman–Crippen MR) is 86.0 cm³/mol. The van der Waals surface area contributed by atoms with Crippen LogP contribution in [0.4, 0.5) is 0 Å². The van der Waals surface area contributed by atoms with Crippen LogP contribution in [0.15, 0.2) is 54.6 Å². The maximum Gasteiger partial charge on any atom is 0.214 e. The van der Waals surface area contributed by atoms with Crippen LogP contribution < -0.4 is 0 Å². The quantitative estimate of drug-likeness (QED) is 0.603. The molecule has 0 aromatic heterocycles. The summed E-state index contributed by atoms with van der Waals surface area (Å²) in [6, 6.07) is 16.0. The van der Waals surface area contributed by atoms with Gasteiger partial charge in [-0.2, -0.15) is 0 Å². The van der Waals surface area contributed by atoms with Gasteiger partial charge in [0.15, 0.2) is 0 Å². The molecule has 0 aliphatic carbocycles. The third-order valence-corrected chi connectivity index (χ3v) is 3.45. The average Bonchev–Trinajstić information content (AvgIpc) is 2.46. The van der Waals surface area contributed by atoms with Gasteiger partial charge in [0.1, 0.15) is 0 Å². The molecule has 0 fully saturated rings. The largest absolute Gasteiger partial charge is 0.265 e. The van der Waals surface area contributed by atoms with E-state index in [1.165, 1.54) is 5.56 Å². The van der Waals surface area contributed by atoms with E-state index < -0.39 is 0 Å². The third-order valence-electron chi connectivity index (χ3n) is 3.45. The molecule has 0 aliphatic heterocycles. The minimum atomic E-state index is -0.260. The highest BCUT2D eigenvalue weighted by molar-refractivity contribution is 5.51. The molecule has 2 rings (SSSR count). The number of rotatable bonds is 5. The van der Waals surface area contributed by atoms with Crippen LogP contribution in [0.1, 0.15) is 28.2 Å². The summed E-state index contributed by atoms with van der Waals surface area (Å²) in [6.07, 6.45) is 3.87. The maximum atomic E-state index is 10.9. The molecule has 0 unspecified atom stereocenters. The summed E-state index contributed by atoms with van der Waals surface area (Å²) < 4.78 is 0. The Labute approximate surface area is 125 Å². The van der Waals surface area contributed by atoms with Crippen LogP contribution in [0, 0.1) is 24.0 Å². The fourth-order valence-corrected chi connectivity index (χ4v) is 2.16. The molecule has 0 aliphatic rings. The molecule has 2 aromatic carbocycles. The van der Waals surface area contributed by atoms with E-state index in [2.05, 4.69) is 0 Å². The van der Waals surface area contributed by atoms with E-state index in [4.69, 9.17) is 0 Å². The molecular formula is C18H19NO2. The van der Waals surface area contributed by atoms with Crippen LogP contribution in [-0.2, 0) is 0 Å². The molecule has 1 atom stereocenters. The van der Waals surface area contributed by atoms with Gasteiger partial charge in [-0.15, -0.1) is 0 Å². The predicted octanol–water partition coefficient (Wildman–Crippen LogP) is 4.38. The SMILES string of the molecule is Cc1ccc(/C=C/[C@@H](C[N+](=O)[O-])c2ccc(C)cc2)cc1. The Bertz CT molecular complexity index is 627. The minimum absolute atomic E-state index is 0.0918. The van der Waals surface area contributed by atoms with Gasteiger partial charge in [-0.05, 0) is 25.0 Å². The zero-order valence-electron chi connectivity index (χ0n) is 12.3. The Morgan fingerprint density at radius 3 is 2.05 bits per heavy atom. The van der Waals surface area contributed by atoms with Gasteiger partial charge in [-0.25, -0.2) is 0 Å². The fraction of sp³-hybridized carbons (Fsp3) is 0.222. The van der Waals surface area contributed by atoms with Crippen LogP contribution in [0.25, 0.3) is 6.08 Å². The maximum absolute atomic E-state index is 10.9. The van der Waals surface area contributed by atoms with Crippen LogP contribution in [0.3, 0.4) is 0 Å². The van der Waals surface area contributed by atoms with Crippen LogP contribution in [-0.4, -0.2) is 11.5 Å². The minimum Gasteiger partial charge on any atom is -0.265 e. The van der Waals surface area contributed by atoms with Gasteiger partial charge < -0.3 is 0 Å². The zero-order valence-corrected chi connectivity index (χ0v) is 12.3. The first-order valence-corrected chi connectivity index (χ1v) is 6.98. The van der Waals surface area contributed by atoms with Gasteiger partial charge in [-0.1, -0.05) is 71.8 Å². The first kappa shape index (κ1) is 15.0. The number of hydrogen-bond acceptors (Lipinski definition) is 2. The second-order valence-corrected chi connectivity index (χ2v) is 5.30. The Morgan fingerprint density at radius 1 is 1.00 bits per heavy atom. The van der Waals surface area contributed by atoms with Gasteiger partial charge >= 0.3 is 0 Å². The van der Waals surface area contributed by atoms with Gasteiger partial charge in [0.05, 0.1) is 5.92 Å². The highest BCUT2D eigenvalue weighted by atomic mass is 16.6. The van der Waals surface area contributed by atoms with Crippen molar-refractivity contribution >= 4 is 6.08 Å². The lowest BCUT2D eigenvalue weighted by Gasteiger charge is -2.09. The van der Waals surface area contributed by atoms with Crippen molar-refractivity contribution < 1.29 is 4.92 Å². The van der Waals surface area contributed by atoms with E-state index in [-0.39, 0.29) is 17.4 Å². The van der Waals surface area contributed by atoms with Crippen LogP contribution in [0.5, 0.6) is 0 Å². The average molecular weight is 281 g/mol. The number of hydrogen-bond donors (Lipinski definition) is 0. The number of nitrogens with zero attached hydrogens (tertiary/aromatic N) is 1. The summed E-state index contributed by atoms with van der Waals surface area (Å²) in [6.45, 7) is 3.95. The van der Waals surface area contributed by atoms with E-state index in [0.29, 0.717) is 0 Å². The van der Waals surface area contributed by atoms with E-state index in [1.54, 1.807) is 0 Å². The highest BCUT2D eigenvalue weighted by Gasteiger charge is 2.14. The van der Waals surface area contributed by atoms with Gasteiger partial charge in [0, 0.05) is 4.92 Å². The molecule has 3 heteroatoms. The molecule has 21 heavy (non-hydrogen) atoms. The van der Waals surface area contributed by atoms with Crippen molar-refractivity contribution in [3.8, 4) is 0 Å². The molecule has 0 radical (unpaired) electrons. The summed E-state index contributed by atoms with van der Waals surface area (Å²) >= 11 is 0. The number of benzene rings is 2. The second kappa shape index (κ2) is 6.84. The zero-order chi connectivity index (χ0) is 15.2. The molecule has 0 saturated heterocycles. The van der Waals surface area contributed by atoms with E-state index in [0.717, 1.165) is 16.7 Å². The topological polar surface area (TPSA) is 43.1 Å². The van der Waals surface area contributed by atoms with Gasteiger partial charge in [-0.3, -0.25) is 10.1 Å². The summed E-state index contributed by atoms with van der Waals surface area (Å²) in [5.41, 5.74) is 4.38. The van der Waals surface area contributed by atoms with Gasteiger partial charge in [0.2, 0.25) is 6.54 Å². The van der Waals surface area contributed by atoms with Crippen molar-refractivity contribution in [2.24, 2.45) is 0 Å². The van der Waals surface area contributed by atoms with Crippen molar-refractivity contribution in [2.45, 2.75) is 19.8 Å². The molecule has 0 N–H and O–H groups in total. The van der Waals surface area contributed by atoms with Crippen LogP contribution in [0.2, 0.25) is 0 Å². The standard InChI is InChI=1S/C18H19NO2/c1-14-3-7-16(8-4-14)9-12-18(13-19(20)21)17-10-5-15(2)6-11-17/h3-12,18H,13H2,1-2H3/b12-9+/t18-/m0/s1. The summed E-state index contributed by atoms with van der Waals surface area (Å²) in [7, 11) is 0. The molecule has 0 amide bonds. The van der Waals surface area contributed by atoms with E-state index in [9.17, 15) is 10.1 Å². The Morgan fingerprint density at radius 2 is 1.52 bits per heavy atom. The summed E-state index contributed by atoms with van der Waals surface area (Å²) in [5, 5.41) is 10.9. The molecule has 0 spiro atoms. The monoisotopic (exact) mass is 281 g/mol. The fourth-order valence-electron chi connectivity index (χ4n) is 2.16. The third kappa shape index (κ3) is 4.56. The highest BCUT2D eigenvalue weighted by Crippen LogP contribution is 2.20.